The van der Waals surface area contributed by atoms with Crippen LogP contribution in [0.15, 0.2) is 60.3 Å². The Hall–Kier alpha value is -3.92. The lowest BCUT2D eigenvalue weighted by molar-refractivity contribution is -0.138. The average Bonchev–Trinajstić information content (AvgIpc) is 3.51. The highest BCUT2D eigenvalue weighted by Gasteiger charge is 2.38. The molecular formula is C34H45F2N5O3. The summed E-state index contributed by atoms with van der Waals surface area (Å²) in [5.74, 6) is -1.26. The fourth-order valence-electron chi connectivity index (χ4n) is 5.35. The normalized spacial score (nSPS) is 14.7. The summed E-state index contributed by atoms with van der Waals surface area (Å²) in [4.78, 5) is 45.4. The minimum absolute atomic E-state index is 0.0535. The van der Waals surface area contributed by atoms with Crippen molar-refractivity contribution < 1.29 is 23.2 Å². The monoisotopic (exact) mass is 609 g/mol. The molecule has 0 aliphatic carbocycles. The van der Waals surface area contributed by atoms with Crippen molar-refractivity contribution in [1.82, 2.24) is 19.4 Å². The van der Waals surface area contributed by atoms with E-state index in [1.165, 1.54) is 17.1 Å². The highest BCUT2D eigenvalue weighted by molar-refractivity contribution is 6.12. The van der Waals surface area contributed by atoms with E-state index >= 15 is 0 Å². The smallest absolute Gasteiger partial charge is 0.253 e. The third-order valence-electron chi connectivity index (χ3n) is 7.48. The van der Waals surface area contributed by atoms with Gasteiger partial charge in [-0.3, -0.25) is 19.3 Å². The van der Waals surface area contributed by atoms with E-state index in [4.69, 9.17) is 10.7 Å². The number of halogens is 2. The molecule has 0 bridgehead atoms. The molecule has 0 saturated carbocycles. The van der Waals surface area contributed by atoms with Gasteiger partial charge in [-0.15, -0.1) is 0 Å². The molecule has 1 aromatic heterocycles. The molecule has 1 aliphatic rings. The molecule has 0 saturated heterocycles. The summed E-state index contributed by atoms with van der Waals surface area (Å²) >= 11 is 0. The second kappa shape index (κ2) is 15.7. The zero-order valence-corrected chi connectivity index (χ0v) is 26.5. The highest BCUT2D eigenvalue weighted by Crippen LogP contribution is 2.40. The molecule has 0 unspecified atom stereocenters. The first-order valence-electron chi connectivity index (χ1n) is 15.2. The molecule has 1 aliphatic heterocycles. The van der Waals surface area contributed by atoms with E-state index in [-0.39, 0.29) is 35.4 Å². The lowest BCUT2D eigenvalue weighted by Crippen LogP contribution is -2.43. The molecule has 0 fully saturated rings. The molecule has 2 N–H and O–H groups in total. The van der Waals surface area contributed by atoms with Crippen LogP contribution >= 0.6 is 0 Å². The predicted octanol–water partition coefficient (Wildman–Crippen LogP) is 6.10. The summed E-state index contributed by atoms with van der Waals surface area (Å²) in [5.41, 5.74) is 6.77. The minimum Gasteiger partial charge on any atom is -0.332 e. The van der Waals surface area contributed by atoms with Gasteiger partial charge in [0.15, 0.2) is 0 Å². The number of benzene rings is 1. The molecule has 238 valence electrons. The first-order chi connectivity index (χ1) is 20.9. The van der Waals surface area contributed by atoms with Gasteiger partial charge >= 0.3 is 0 Å². The fourth-order valence-corrected chi connectivity index (χ4v) is 5.35. The maximum absolute atomic E-state index is 14.9. The fraction of sp³-hybridized carbons (Fsp3) is 0.471. The first-order valence-corrected chi connectivity index (χ1v) is 15.2. The number of nitrogens with two attached hydrogens (primary N) is 1. The van der Waals surface area contributed by atoms with Crippen LogP contribution < -0.4 is 5.73 Å². The van der Waals surface area contributed by atoms with Gasteiger partial charge < -0.3 is 15.2 Å². The second-order valence-corrected chi connectivity index (χ2v) is 12.2. The Kier molecular flexibility index (Phi) is 12.3. The van der Waals surface area contributed by atoms with Gasteiger partial charge in [0.25, 0.3) is 11.8 Å². The molecule has 1 aromatic carbocycles. The van der Waals surface area contributed by atoms with Crippen LogP contribution in [0.1, 0.15) is 78.6 Å². The van der Waals surface area contributed by atoms with E-state index in [0.717, 1.165) is 23.8 Å². The summed E-state index contributed by atoms with van der Waals surface area (Å²) in [5, 5.41) is 0. The van der Waals surface area contributed by atoms with Crippen molar-refractivity contribution in [2.24, 2.45) is 11.1 Å². The number of aromatic nitrogens is 2. The highest BCUT2D eigenvalue weighted by atomic mass is 19.1. The summed E-state index contributed by atoms with van der Waals surface area (Å²) in [6.45, 7) is 11.6. The Morgan fingerprint density at radius 3 is 2.43 bits per heavy atom. The molecule has 1 atom stereocenters. The number of imidazole rings is 1. The molecule has 0 spiro atoms. The lowest BCUT2D eigenvalue weighted by atomic mass is 9.84. The van der Waals surface area contributed by atoms with Gasteiger partial charge in [0, 0.05) is 50.0 Å². The van der Waals surface area contributed by atoms with E-state index < -0.39 is 23.1 Å². The number of unbranched alkanes of at least 4 members (excludes halogenated alkanes) is 2. The van der Waals surface area contributed by atoms with E-state index in [2.05, 4.69) is 0 Å². The van der Waals surface area contributed by atoms with Crippen molar-refractivity contribution in [1.29, 1.82) is 0 Å². The first kappa shape index (κ1) is 34.6. The molecule has 0 radical (unpaired) electrons. The number of carbonyl (C=O) groups is 3. The summed E-state index contributed by atoms with van der Waals surface area (Å²) in [6.07, 6.45) is 12.8. The van der Waals surface area contributed by atoms with Crippen LogP contribution in [0.25, 0.3) is 11.3 Å². The van der Waals surface area contributed by atoms with Crippen LogP contribution in [0.5, 0.6) is 0 Å². The number of imide groups is 1. The average molecular weight is 610 g/mol. The van der Waals surface area contributed by atoms with Gasteiger partial charge in [-0.1, -0.05) is 51.0 Å². The standard InChI is InChI=1S/C34H45F2N5O3/c1-6-7-12-24(2)22-39-23-28(26-21-25(35)14-15-27(26)36)38-33(39)32(34(3,4)5)41(20-11-18-37)29(42)13-9-8-10-19-40-30(43)16-17-31(40)44/h6-7,12,14-17,21,23,32H,8-11,13,18-20,22,37H2,1-5H3/b7-6-,24-12+/t32-/m0/s1. The summed E-state index contributed by atoms with van der Waals surface area (Å²) in [6, 6.07) is 2.80. The largest absolute Gasteiger partial charge is 0.332 e. The van der Waals surface area contributed by atoms with E-state index in [1.54, 1.807) is 6.20 Å². The maximum Gasteiger partial charge on any atom is 0.253 e. The Bertz CT molecular complexity index is 1400. The zero-order valence-electron chi connectivity index (χ0n) is 26.5. The summed E-state index contributed by atoms with van der Waals surface area (Å²) in [7, 11) is 0. The van der Waals surface area contributed by atoms with Crippen molar-refractivity contribution in [3.05, 3.63) is 77.8 Å². The van der Waals surface area contributed by atoms with Crippen LogP contribution in [0.3, 0.4) is 0 Å². The van der Waals surface area contributed by atoms with Gasteiger partial charge in [0.05, 0.1) is 11.7 Å². The zero-order chi connectivity index (χ0) is 32.4. The van der Waals surface area contributed by atoms with Crippen molar-refractivity contribution in [3.63, 3.8) is 0 Å². The van der Waals surface area contributed by atoms with E-state index in [0.29, 0.717) is 57.7 Å². The van der Waals surface area contributed by atoms with Crippen molar-refractivity contribution in [2.45, 2.75) is 79.3 Å². The van der Waals surface area contributed by atoms with Crippen LogP contribution in [0.2, 0.25) is 0 Å². The molecule has 2 heterocycles. The number of hydrogen-bond donors (Lipinski definition) is 1. The van der Waals surface area contributed by atoms with E-state index in [9.17, 15) is 23.2 Å². The Morgan fingerprint density at radius 1 is 1.09 bits per heavy atom. The van der Waals surface area contributed by atoms with Crippen molar-refractivity contribution >= 4 is 17.7 Å². The Balaban J connectivity index is 1.94. The predicted molar refractivity (Wildman–Crippen MR) is 168 cm³/mol. The summed E-state index contributed by atoms with van der Waals surface area (Å²) < 4.78 is 31.0. The van der Waals surface area contributed by atoms with Crippen LogP contribution in [0.4, 0.5) is 8.78 Å². The van der Waals surface area contributed by atoms with Gasteiger partial charge in [-0.05, 0) is 63.3 Å². The van der Waals surface area contributed by atoms with Crippen molar-refractivity contribution in [3.8, 4) is 11.3 Å². The number of carbonyl (C=O) groups excluding carboxylic acids is 3. The maximum atomic E-state index is 14.9. The molecule has 10 heteroatoms. The van der Waals surface area contributed by atoms with Crippen LogP contribution in [0, 0.1) is 17.0 Å². The van der Waals surface area contributed by atoms with Gasteiger partial charge in [-0.2, -0.15) is 0 Å². The SMILES string of the molecule is C/C=C\C=C(/C)Cn1cc(-c2cc(F)ccc2F)nc1[C@H](N(CCCN)C(=O)CCCCCN1C(=O)C=CC1=O)C(C)(C)C. The third kappa shape index (κ3) is 9.05. The quantitative estimate of drug-likeness (QED) is 0.149. The van der Waals surface area contributed by atoms with E-state index in [1.807, 2.05) is 62.3 Å². The number of rotatable bonds is 15. The molecular weight excluding hydrogens is 564 g/mol. The lowest BCUT2D eigenvalue weighted by Gasteiger charge is -2.40. The topological polar surface area (TPSA) is 102 Å². The number of allylic oxidation sites excluding steroid dienone is 4. The third-order valence-corrected chi connectivity index (χ3v) is 7.48. The Labute approximate surface area is 259 Å². The Morgan fingerprint density at radius 2 is 1.80 bits per heavy atom. The number of nitrogens with zero attached hydrogens (tertiary/aromatic N) is 4. The van der Waals surface area contributed by atoms with Crippen molar-refractivity contribution in [2.75, 3.05) is 19.6 Å². The minimum atomic E-state index is -0.583. The molecule has 3 rings (SSSR count). The van der Waals surface area contributed by atoms with Gasteiger partial charge in [0.1, 0.15) is 17.5 Å². The van der Waals surface area contributed by atoms with Crippen LogP contribution in [-0.4, -0.2) is 56.7 Å². The van der Waals surface area contributed by atoms with Gasteiger partial charge in [0.2, 0.25) is 5.91 Å². The number of amides is 3. The van der Waals surface area contributed by atoms with Gasteiger partial charge in [-0.25, -0.2) is 13.8 Å². The second-order valence-electron chi connectivity index (χ2n) is 12.2. The number of hydrogen-bond acceptors (Lipinski definition) is 5. The molecule has 44 heavy (non-hydrogen) atoms. The molecule has 2 aromatic rings. The van der Waals surface area contributed by atoms with Crippen LogP contribution in [-0.2, 0) is 20.9 Å². The molecule has 8 nitrogen and oxygen atoms in total. The molecule has 3 amide bonds.